The van der Waals surface area contributed by atoms with Gasteiger partial charge in [0.2, 0.25) is 0 Å². The van der Waals surface area contributed by atoms with E-state index < -0.39 is 27.9 Å². The van der Waals surface area contributed by atoms with Gasteiger partial charge in [0.1, 0.15) is 5.56 Å². The van der Waals surface area contributed by atoms with Crippen LogP contribution in [0.5, 0.6) is 11.5 Å². The highest BCUT2D eigenvalue weighted by Crippen LogP contribution is 2.37. The first-order chi connectivity index (χ1) is 11.7. The zero-order valence-corrected chi connectivity index (χ0v) is 14.3. The van der Waals surface area contributed by atoms with Gasteiger partial charge in [0.15, 0.2) is 11.5 Å². The Labute approximate surface area is 144 Å². The van der Waals surface area contributed by atoms with E-state index in [1.54, 1.807) is 13.8 Å². The summed E-state index contributed by atoms with van der Waals surface area (Å²) in [5.41, 5.74) is -1.61. The SMILES string of the molecule is CCOc1cc(C(=O)N2CCC(C)(C(=O)O)C2)c([N+](=O)[O-])cc1OC. The zero-order chi connectivity index (χ0) is 18.8. The molecule has 1 atom stereocenters. The molecule has 1 aliphatic rings. The minimum absolute atomic E-state index is 0.00564. The molecule has 0 radical (unpaired) electrons. The summed E-state index contributed by atoms with van der Waals surface area (Å²) >= 11 is 0. The molecule has 1 fully saturated rings. The van der Waals surface area contributed by atoms with E-state index in [0.29, 0.717) is 6.61 Å². The number of carboxylic acid groups (broad SMARTS) is 1. The Kier molecular flexibility index (Phi) is 5.15. The van der Waals surface area contributed by atoms with E-state index in [4.69, 9.17) is 9.47 Å². The van der Waals surface area contributed by atoms with Crippen molar-refractivity contribution in [2.75, 3.05) is 26.8 Å². The number of nitrogens with zero attached hydrogens (tertiary/aromatic N) is 2. The number of ether oxygens (including phenoxy) is 2. The van der Waals surface area contributed by atoms with Crippen molar-refractivity contribution in [3.8, 4) is 11.5 Å². The molecule has 1 heterocycles. The number of hydrogen-bond acceptors (Lipinski definition) is 6. The number of likely N-dealkylation sites (tertiary alicyclic amines) is 1. The first-order valence-corrected chi connectivity index (χ1v) is 7.75. The van der Waals surface area contributed by atoms with Gasteiger partial charge in [-0.1, -0.05) is 0 Å². The third kappa shape index (κ3) is 3.49. The predicted octanol–water partition coefficient (Wildman–Crippen LogP) is 1.94. The molecule has 1 unspecified atom stereocenters. The number of rotatable bonds is 6. The van der Waals surface area contributed by atoms with Crippen molar-refractivity contribution in [2.24, 2.45) is 5.41 Å². The molecule has 1 saturated heterocycles. The number of amides is 1. The largest absolute Gasteiger partial charge is 0.493 e. The maximum Gasteiger partial charge on any atom is 0.311 e. The summed E-state index contributed by atoms with van der Waals surface area (Å²) in [6, 6.07) is 2.42. The second-order valence-corrected chi connectivity index (χ2v) is 6.05. The van der Waals surface area contributed by atoms with E-state index in [1.165, 1.54) is 18.1 Å². The number of carbonyl (C=O) groups excluding carboxylic acids is 1. The van der Waals surface area contributed by atoms with E-state index in [1.807, 2.05) is 0 Å². The van der Waals surface area contributed by atoms with E-state index in [9.17, 15) is 24.8 Å². The van der Waals surface area contributed by atoms with Crippen LogP contribution in [0.25, 0.3) is 0 Å². The van der Waals surface area contributed by atoms with Gasteiger partial charge in [0.05, 0.1) is 30.1 Å². The van der Waals surface area contributed by atoms with E-state index in [0.717, 1.165) is 6.07 Å². The Bertz CT molecular complexity index is 719. The Morgan fingerprint density at radius 2 is 2.08 bits per heavy atom. The summed E-state index contributed by atoms with van der Waals surface area (Å²) in [4.78, 5) is 36.1. The molecule has 136 valence electrons. The molecule has 1 N–H and O–H groups in total. The molecule has 1 amide bonds. The average molecular weight is 352 g/mol. The lowest BCUT2D eigenvalue weighted by Gasteiger charge is -2.20. The van der Waals surface area contributed by atoms with Crippen LogP contribution in [0.4, 0.5) is 5.69 Å². The first-order valence-electron chi connectivity index (χ1n) is 7.75. The third-order valence-corrected chi connectivity index (χ3v) is 4.29. The highest BCUT2D eigenvalue weighted by atomic mass is 16.6. The lowest BCUT2D eigenvalue weighted by molar-refractivity contribution is -0.385. The molecule has 25 heavy (non-hydrogen) atoms. The maximum atomic E-state index is 12.8. The van der Waals surface area contributed by atoms with Crippen LogP contribution in [0.3, 0.4) is 0 Å². The second kappa shape index (κ2) is 6.96. The lowest BCUT2D eigenvalue weighted by Crippen LogP contribution is -2.35. The molecule has 9 heteroatoms. The number of benzene rings is 1. The molecule has 9 nitrogen and oxygen atoms in total. The Balaban J connectivity index is 2.43. The summed E-state index contributed by atoms with van der Waals surface area (Å²) in [6.45, 7) is 3.80. The summed E-state index contributed by atoms with van der Waals surface area (Å²) < 4.78 is 10.5. The van der Waals surface area contributed by atoms with Gasteiger partial charge >= 0.3 is 5.97 Å². The van der Waals surface area contributed by atoms with Gasteiger partial charge in [-0.3, -0.25) is 19.7 Å². The fraction of sp³-hybridized carbons (Fsp3) is 0.500. The Morgan fingerprint density at radius 3 is 2.56 bits per heavy atom. The lowest BCUT2D eigenvalue weighted by atomic mass is 9.90. The van der Waals surface area contributed by atoms with Crippen molar-refractivity contribution in [1.82, 2.24) is 4.90 Å². The standard InChI is InChI=1S/C16H20N2O7/c1-4-25-13-7-10(11(18(22)23)8-12(13)24-3)14(19)17-6-5-16(2,9-17)15(20)21/h7-8H,4-6,9H2,1-3H3,(H,20,21). The van der Waals surface area contributed by atoms with Crippen molar-refractivity contribution in [1.29, 1.82) is 0 Å². The van der Waals surface area contributed by atoms with Crippen LogP contribution in [-0.2, 0) is 4.79 Å². The van der Waals surface area contributed by atoms with Gasteiger partial charge in [-0.25, -0.2) is 0 Å². The average Bonchev–Trinajstić information content (AvgIpc) is 2.97. The number of hydrogen-bond donors (Lipinski definition) is 1. The van der Waals surface area contributed by atoms with Gasteiger partial charge in [0.25, 0.3) is 11.6 Å². The predicted molar refractivity (Wildman–Crippen MR) is 87.1 cm³/mol. The van der Waals surface area contributed by atoms with E-state index in [-0.39, 0.29) is 36.6 Å². The van der Waals surface area contributed by atoms with Crippen LogP contribution in [0.2, 0.25) is 0 Å². The van der Waals surface area contributed by atoms with Crippen LogP contribution in [0, 0.1) is 15.5 Å². The van der Waals surface area contributed by atoms with Gasteiger partial charge in [0, 0.05) is 19.2 Å². The van der Waals surface area contributed by atoms with Gasteiger partial charge in [-0.2, -0.15) is 0 Å². The van der Waals surface area contributed by atoms with Crippen LogP contribution < -0.4 is 9.47 Å². The highest BCUT2D eigenvalue weighted by molar-refractivity contribution is 5.99. The van der Waals surface area contributed by atoms with Crippen LogP contribution in [-0.4, -0.2) is 53.6 Å². The van der Waals surface area contributed by atoms with E-state index >= 15 is 0 Å². The fourth-order valence-electron chi connectivity index (χ4n) is 2.78. The number of nitro benzene ring substituents is 1. The Hall–Kier alpha value is -2.84. The molecule has 1 aromatic rings. The Morgan fingerprint density at radius 1 is 1.40 bits per heavy atom. The molecule has 0 saturated carbocycles. The second-order valence-electron chi connectivity index (χ2n) is 6.05. The molecule has 1 aliphatic heterocycles. The molecule has 0 aromatic heterocycles. The zero-order valence-electron chi connectivity index (χ0n) is 14.3. The summed E-state index contributed by atoms with van der Waals surface area (Å²) in [6.07, 6.45) is 0.288. The molecular formula is C16H20N2O7. The first kappa shape index (κ1) is 18.5. The van der Waals surface area contributed by atoms with Crippen LogP contribution in [0.1, 0.15) is 30.6 Å². The van der Waals surface area contributed by atoms with Gasteiger partial charge in [-0.05, 0) is 20.3 Å². The molecule has 1 aromatic carbocycles. The minimum atomic E-state index is -1.06. The fourth-order valence-corrected chi connectivity index (χ4v) is 2.78. The summed E-state index contributed by atoms with van der Waals surface area (Å²) in [7, 11) is 1.35. The smallest absolute Gasteiger partial charge is 0.311 e. The normalized spacial score (nSPS) is 19.6. The quantitative estimate of drug-likeness (QED) is 0.613. The summed E-state index contributed by atoms with van der Waals surface area (Å²) in [5, 5.41) is 20.6. The van der Waals surface area contributed by atoms with Gasteiger partial charge in [-0.15, -0.1) is 0 Å². The molecule has 0 spiro atoms. The van der Waals surface area contributed by atoms with Crippen molar-refractivity contribution in [3.63, 3.8) is 0 Å². The van der Waals surface area contributed by atoms with Gasteiger partial charge < -0.3 is 19.5 Å². The van der Waals surface area contributed by atoms with Crippen LogP contribution in [0.15, 0.2) is 12.1 Å². The van der Waals surface area contributed by atoms with Crippen molar-refractivity contribution < 1.29 is 29.1 Å². The van der Waals surface area contributed by atoms with Crippen molar-refractivity contribution in [2.45, 2.75) is 20.3 Å². The van der Waals surface area contributed by atoms with Crippen molar-refractivity contribution >= 4 is 17.6 Å². The monoisotopic (exact) mass is 352 g/mol. The number of carbonyl (C=O) groups is 2. The van der Waals surface area contributed by atoms with E-state index in [2.05, 4.69) is 0 Å². The summed E-state index contributed by atoms with van der Waals surface area (Å²) in [5.74, 6) is -1.22. The highest BCUT2D eigenvalue weighted by Gasteiger charge is 2.43. The number of carboxylic acids is 1. The number of aliphatic carboxylic acids is 1. The number of nitro groups is 1. The maximum absolute atomic E-state index is 12.8. The molecular weight excluding hydrogens is 332 g/mol. The third-order valence-electron chi connectivity index (χ3n) is 4.29. The minimum Gasteiger partial charge on any atom is -0.493 e. The molecule has 2 rings (SSSR count). The van der Waals surface area contributed by atoms with Crippen LogP contribution >= 0.6 is 0 Å². The topological polar surface area (TPSA) is 119 Å². The molecule has 0 aliphatic carbocycles. The van der Waals surface area contributed by atoms with Crippen molar-refractivity contribution in [3.05, 3.63) is 27.8 Å². The molecule has 0 bridgehead atoms. The number of methoxy groups -OCH3 is 1.